The highest BCUT2D eigenvalue weighted by Crippen LogP contribution is 2.45. The SMILES string of the molecule is CC(=CC(O)C(C=C(C)C(=O)O)(C(=O)ON1CCC(C)CC(C)(C)C1)C(O)(C=C(C)C(=O)O)C=C(C)C(=O)O)C(=O)O. The number of aliphatic carboxylic acids is 4. The number of aliphatic hydroxyl groups excluding tert-OH is 1. The van der Waals surface area contributed by atoms with Gasteiger partial charge in [0.1, 0.15) is 5.60 Å². The van der Waals surface area contributed by atoms with Gasteiger partial charge in [0.05, 0.1) is 6.10 Å². The van der Waals surface area contributed by atoms with Crippen LogP contribution in [0.2, 0.25) is 0 Å². The number of carbonyl (C=O) groups is 5. The molecule has 1 heterocycles. The van der Waals surface area contributed by atoms with Gasteiger partial charge in [-0.15, -0.1) is 5.06 Å². The molecule has 0 radical (unpaired) electrons. The molecule has 0 aliphatic carbocycles. The van der Waals surface area contributed by atoms with Crippen LogP contribution < -0.4 is 0 Å². The maximum Gasteiger partial charge on any atom is 0.341 e. The van der Waals surface area contributed by atoms with Crippen LogP contribution in [0.5, 0.6) is 0 Å². The van der Waals surface area contributed by atoms with Crippen LogP contribution in [0.3, 0.4) is 0 Å². The minimum atomic E-state index is -3.09. The minimum Gasteiger partial charge on any atom is -0.478 e. The highest BCUT2D eigenvalue weighted by molar-refractivity contribution is 5.93. The zero-order chi connectivity index (χ0) is 32.8. The Balaban J connectivity index is 4.30. The second kappa shape index (κ2) is 13.9. The van der Waals surface area contributed by atoms with Crippen LogP contribution in [0.4, 0.5) is 0 Å². The van der Waals surface area contributed by atoms with E-state index in [1.54, 1.807) is 0 Å². The molecule has 0 aromatic heterocycles. The van der Waals surface area contributed by atoms with Crippen LogP contribution in [0.25, 0.3) is 0 Å². The van der Waals surface area contributed by atoms with Crippen molar-refractivity contribution in [1.29, 1.82) is 0 Å². The number of carbonyl (C=O) groups excluding carboxylic acids is 1. The average molecular weight is 596 g/mol. The summed E-state index contributed by atoms with van der Waals surface area (Å²) in [5.41, 5.74) is -8.84. The lowest BCUT2D eigenvalue weighted by Crippen LogP contribution is -2.59. The number of hydrogen-bond acceptors (Lipinski definition) is 9. The molecular formula is C29H41NO12. The van der Waals surface area contributed by atoms with Gasteiger partial charge in [-0.25, -0.2) is 24.0 Å². The normalized spacial score (nSPS) is 22.6. The molecule has 6 N–H and O–H groups in total. The molecule has 13 nitrogen and oxygen atoms in total. The fourth-order valence-electron chi connectivity index (χ4n) is 4.99. The second-order valence-electron chi connectivity index (χ2n) is 11.7. The lowest BCUT2D eigenvalue weighted by molar-refractivity contribution is -0.217. The number of aliphatic hydroxyl groups is 2. The van der Waals surface area contributed by atoms with Crippen LogP contribution in [0.15, 0.2) is 46.6 Å². The van der Waals surface area contributed by atoms with Crippen molar-refractivity contribution in [3.8, 4) is 0 Å². The standard InChI is InChI=1S/C29H41NO12/c1-16-8-9-30(15-27(6,7)11-16)42-26(40)29(14-20(5)25(38)39,21(31)10-17(2)22(32)33)28(41,12-18(3)23(34)35)13-19(4)24(36)37/h10,12-14,16,21,31,41H,8-9,11,15H2,1-7H3,(H,32,33)(H,34,35)(H,36,37)(H,38,39). The molecule has 1 saturated heterocycles. The summed E-state index contributed by atoms with van der Waals surface area (Å²) in [4.78, 5) is 67.2. The summed E-state index contributed by atoms with van der Waals surface area (Å²) in [7, 11) is 0. The van der Waals surface area contributed by atoms with E-state index >= 15 is 0 Å². The molecule has 0 aromatic carbocycles. The van der Waals surface area contributed by atoms with Gasteiger partial charge >= 0.3 is 29.8 Å². The maximum absolute atomic E-state index is 14.3. The molecule has 0 bridgehead atoms. The number of carboxylic acids is 4. The maximum atomic E-state index is 14.3. The summed E-state index contributed by atoms with van der Waals surface area (Å²) >= 11 is 0. The van der Waals surface area contributed by atoms with Gasteiger partial charge in [-0.3, -0.25) is 0 Å². The molecule has 0 aromatic rings. The fraction of sp³-hybridized carbons (Fsp3) is 0.552. The molecule has 13 heteroatoms. The third-order valence-electron chi connectivity index (χ3n) is 7.13. The summed E-state index contributed by atoms with van der Waals surface area (Å²) in [6.45, 7) is 10.4. The predicted octanol–water partition coefficient (Wildman–Crippen LogP) is 2.40. The number of nitrogens with zero attached hydrogens (tertiary/aromatic N) is 1. The van der Waals surface area contributed by atoms with E-state index < -0.39 is 69.3 Å². The smallest absolute Gasteiger partial charge is 0.341 e. The quantitative estimate of drug-likeness (QED) is 0.179. The van der Waals surface area contributed by atoms with Crippen LogP contribution in [-0.2, 0) is 28.8 Å². The average Bonchev–Trinajstić information content (AvgIpc) is 2.97. The Morgan fingerprint density at radius 1 is 0.833 bits per heavy atom. The summed E-state index contributed by atoms with van der Waals surface area (Å²) in [6, 6.07) is 0. The topological polar surface area (TPSA) is 219 Å². The van der Waals surface area contributed by atoms with Crippen molar-refractivity contribution < 1.29 is 59.4 Å². The van der Waals surface area contributed by atoms with E-state index in [1.165, 1.54) is 5.06 Å². The van der Waals surface area contributed by atoms with Crippen molar-refractivity contribution in [2.45, 2.75) is 73.0 Å². The highest BCUT2D eigenvalue weighted by Gasteiger charge is 2.59. The highest BCUT2D eigenvalue weighted by atomic mass is 16.7. The van der Waals surface area contributed by atoms with E-state index in [1.807, 2.05) is 20.8 Å². The molecule has 3 atom stereocenters. The van der Waals surface area contributed by atoms with Gasteiger partial charge in [-0.2, -0.15) is 0 Å². The Labute approximate surface area is 244 Å². The number of rotatable bonds is 12. The van der Waals surface area contributed by atoms with Gasteiger partial charge in [0.2, 0.25) is 0 Å². The molecule has 42 heavy (non-hydrogen) atoms. The first kappa shape index (κ1) is 36.2. The summed E-state index contributed by atoms with van der Waals surface area (Å²) < 4.78 is 0. The van der Waals surface area contributed by atoms with Crippen molar-refractivity contribution in [3.63, 3.8) is 0 Å². The minimum absolute atomic E-state index is 0.188. The third kappa shape index (κ3) is 8.84. The largest absolute Gasteiger partial charge is 0.478 e. The number of hydroxylamine groups is 2. The Morgan fingerprint density at radius 3 is 1.69 bits per heavy atom. The van der Waals surface area contributed by atoms with E-state index in [4.69, 9.17) is 4.84 Å². The Bertz CT molecular complexity index is 1190. The molecule has 3 unspecified atom stereocenters. The lowest BCUT2D eigenvalue weighted by Gasteiger charge is -2.44. The van der Waals surface area contributed by atoms with Gasteiger partial charge in [0, 0.05) is 35.4 Å². The van der Waals surface area contributed by atoms with Crippen LogP contribution >= 0.6 is 0 Å². The first-order valence-corrected chi connectivity index (χ1v) is 13.2. The van der Waals surface area contributed by atoms with Gasteiger partial charge in [0.15, 0.2) is 5.41 Å². The van der Waals surface area contributed by atoms with Gasteiger partial charge < -0.3 is 35.5 Å². The van der Waals surface area contributed by atoms with Gasteiger partial charge in [-0.1, -0.05) is 26.8 Å². The second-order valence-corrected chi connectivity index (χ2v) is 11.7. The number of carboxylic acid groups (broad SMARTS) is 4. The zero-order valence-corrected chi connectivity index (χ0v) is 24.9. The van der Waals surface area contributed by atoms with E-state index in [0.717, 1.165) is 34.1 Å². The summed E-state index contributed by atoms with van der Waals surface area (Å²) in [5.74, 6) is -7.58. The Kier molecular flexibility index (Phi) is 12.0. The predicted molar refractivity (Wildman–Crippen MR) is 149 cm³/mol. The molecule has 1 rings (SSSR count). The molecule has 1 aliphatic heterocycles. The molecule has 0 saturated carbocycles. The van der Waals surface area contributed by atoms with Gasteiger partial charge in [0.25, 0.3) is 0 Å². The van der Waals surface area contributed by atoms with E-state index in [0.29, 0.717) is 30.7 Å². The van der Waals surface area contributed by atoms with Crippen molar-refractivity contribution in [3.05, 3.63) is 46.6 Å². The molecular weight excluding hydrogens is 554 g/mol. The van der Waals surface area contributed by atoms with Crippen LogP contribution in [0.1, 0.15) is 61.3 Å². The monoisotopic (exact) mass is 595 g/mol. The first-order chi connectivity index (χ1) is 19.1. The molecule has 0 amide bonds. The Morgan fingerprint density at radius 2 is 1.26 bits per heavy atom. The summed E-state index contributed by atoms with van der Waals surface area (Å²) in [6.07, 6.45) is 1.40. The zero-order valence-electron chi connectivity index (χ0n) is 24.9. The van der Waals surface area contributed by atoms with Crippen LogP contribution in [0, 0.1) is 16.7 Å². The fourth-order valence-corrected chi connectivity index (χ4v) is 4.99. The molecule has 1 fully saturated rings. The third-order valence-corrected chi connectivity index (χ3v) is 7.13. The van der Waals surface area contributed by atoms with E-state index in [-0.39, 0.29) is 24.4 Å². The molecule has 1 aliphatic rings. The molecule has 0 spiro atoms. The lowest BCUT2D eigenvalue weighted by atomic mass is 9.65. The van der Waals surface area contributed by atoms with E-state index in [9.17, 15) is 54.6 Å². The van der Waals surface area contributed by atoms with Crippen molar-refractivity contribution in [1.82, 2.24) is 5.06 Å². The molecule has 234 valence electrons. The number of hydrogen-bond donors (Lipinski definition) is 6. The summed E-state index contributed by atoms with van der Waals surface area (Å²) in [5, 5.41) is 63.3. The first-order valence-electron chi connectivity index (χ1n) is 13.2. The Hall–Kier alpha value is -3.81. The van der Waals surface area contributed by atoms with Gasteiger partial charge in [-0.05, 0) is 70.1 Å². The van der Waals surface area contributed by atoms with Crippen molar-refractivity contribution in [2.75, 3.05) is 13.1 Å². The van der Waals surface area contributed by atoms with Crippen molar-refractivity contribution in [2.24, 2.45) is 16.7 Å². The van der Waals surface area contributed by atoms with E-state index in [2.05, 4.69) is 0 Å². The van der Waals surface area contributed by atoms with Crippen LogP contribution in [-0.4, -0.2) is 90.3 Å². The van der Waals surface area contributed by atoms with Crippen molar-refractivity contribution >= 4 is 29.8 Å².